The first kappa shape index (κ1) is 15.0. The summed E-state index contributed by atoms with van der Waals surface area (Å²) in [6.07, 6.45) is -4.57. The summed E-state index contributed by atoms with van der Waals surface area (Å²) >= 11 is 0. The summed E-state index contributed by atoms with van der Waals surface area (Å²) in [5.41, 5.74) is 2.11. The fraction of sp³-hybridized carbons (Fsp3) is 0.455. The summed E-state index contributed by atoms with van der Waals surface area (Å²) in [5, 5.41) is 0. The smallest absolute Gasteiger partial charge is 0.207 e. The Hall–Kier alpha value is -1.08. The summed E-state index contributed by atoms with van der Waals surface area (Å²) in [5.74, 6) is 0. The van der Waals surface area contributed by atoms with Crippen LogP contribution in [-0.4, -0.2) is 21.1 Å². The molecule has 0 heterocycles. The number of rotatable bonds is 3. The lowest BCUT2D eigenvalue weighted by Gasteiger charge is -2.13. The lowest BCUT2D eigenvalue weighted by Crippen LogP contribution is -2.34. The number of hydrogen-bond donors (Lipinski definition) is 1. The number of nitrogens with one attached hydrogen (secondary N) is 1. The van der Waals surface area contributed by atoms with E-state index in [0.717, 1.165) is 11.1 Å². The van der Waals surface area contributed by atoms with Crippen LogP contribution in [0.2, 0.25) is 0 Å². The quantitative estimate of drug-likeness (QED) is 0.925. The van der Waals surface area contributed by atoms with Crippen LogP contribution in [0.3, 0.4) is 0 Å². The molecule has 0 fully saturated rings. The van der Waals surface area contributed by atoms with E-state index in [9.17, 15) is 21.6 Å². The molecule has 0 aromatic heterocycles. The van der Waals surface area contributed by atoms with Gasteiger partial charge in [0.15, 0.2) is 0 Å². The van der Waals surface area contributed by atoms with E-state index >= 15 is 0 Å². The zero-order chi connectivity index (χ0) is 14.1. The first-order chi connectivity index (χ1) is 8.04. The number of benzene rings is 1. The van der Waals surface area contributed by atoms with Crippen molar-refractivity contribution in [1.29, 1.82) is 0 Å². The Morgan fingerprint density at radius 3 is 2.17 bits per heavy atom. The van der Waals surface area contributed by atoms with Gasteiger partial charge in [-0.3, -0.25) is 0 Å². The molecule has 0 aliphatic rings. The molecule has 102 valence electrons. The maximum Gasteiger partial charge on any atom is 0.402 e. The summed E-state index contributed by atoms with van der Waals surface area (Å²) in [6, 6.07) is 2.89. The molecule has 1 N–H and O–H groups in total. The molecule has 0 saturated carbocycles. The van der Waals surface area contributed by atoms with Crippen molar-refractivity contribution in [3.63, 3.8) is 0 Å². The SMILES string of the molecule is Cc1ccc(S(=O)(=O)NCC(F)(F)F)c(C)c1C. The van der Waals surface area contributed by atoms with Crippen molar-refractivity contribution in [3.05, 3.63) is 28.8 Å². The van der Waals surface area contributed by atoms with Crippen LogP contribution >= 0.6 is 0 Å². The van der Waals surface area contributed by atoms with Crippen molar-refractivity contribution in [2.24, 2.45) is 0 Å². The lowest BCUT2D eigenvalue weighted by atomic mass is 10.1. The third-order valence-corrected chi connectivity index (χ3v) is 4.31. The Labute approximate surface area is 104 Å². The second-order valence-corrected chi connectivity index (χ2v) is 5.81. The van der Waals surface area contributed by atoms with Crippen LogP contribution in [-0.2, 0) is 10.0 Å². The highest BCUT2D eigenvalue weighted by Gasteiger charge is 2.30. The average Bonchev–Trinajstić information content (AvgIpc) is 2.22. The van der Waals surface area contributed by atoms with E-state index in [1.54, 1.807) is 24.6 Å². The van der Waals surface area contributed by atoms with Gasteiger partial charge in [0, 0.05) is 0 Å². The lowest BCUT2D eigenvalue weighted by molar-refractivity contribution is -0.121. The van der Waals surface area contributed by atoms with Gasteiger partial charge in [0.05, 0.1) is 4.90 Å². The van der Waals surface area contributed by atoms with E-state index in [4.69, 9.17) is 0 Å². The molecule has 0 radical (unpaired) electrons. The van der Waals surface area contributed by atoms with E-state index in [1.807, 2.05) is 6.92 Å². The van der Waals surface area contributed by atoms with E-state index in [-0.39, 0.29) is 4.90 Å². The van der Waals surface area contributed by atoms with Crippen LogP contribution in [0.5, 0.6) is 0 Å². The fourth-order valence-electron chi connectivity index (χ4n) is 1.48. The van der Waals surface area contributed by atoms with Crippen LogP contribution in [0.1, 0.15) is 16.7 Å². The van der Waals surface area contributed by atoms with Crippen LogP contribution in [0.4, 0.5) is 13.2 Å². The van der Waals surface area contributed by atoms with Crippen LogP contribution in [0.25, 0.3) is 0 Å². The highest BCUT2D eigenvalue weighted by atomic mass is 32.2. The van der Waals surface area contributed by atoms with Gasteiger partial charge in [-0.05, 0) is 43.5 Å². The first-order valence-corrected chi connectivity index (χ1v) is 6.66. The van der Waals surface area contributed by atoms with Gasteiger partial charge in [-0.15, -0.1) is 0 Å². The van der Waals surface area contributed by atoms with Crippen LogP contribution in [0, 0.1) is 20.8 Å². The van der Waals surface area contributed by atoms with E-state index in [1.165, 1.54) is 6.07 Å². The molecule has 1 aromatic carbocycles. The second-order valence-electron chi connectivity index (χ2n) is 4.07. The highest BCUT2D eigenvalue weighted by Crippen LogP contribution is 2.22. The van der Waals surface area contributed by atoms with Gasteiger partial charge in [0.2, 0.25) is 10.0 Å². The molecule has 0 spiro atoms. The van der Waals surface area contributed by atoms with Crippen molar-refractivity contribution in [2.45, 2.75) is 31.8 Å². The van der Waals surface area contributed by atoms with Crippen molar-refractivity contribution in [3.8, 4) is 0 Å². The number of alkyl halides is 3. The zero-order valence-corrected chi connectivity index (χ0v) is 11.0. The van der Waals surface area contributed by atoms with E-state index in [0.29, 0.717) is 5.56 Å². The predicted molar refractivity (Wildman–Crippen MR) is 61.9 cm³/mol. The molecule has 0 atom stereocenters. The third kappa shape index (κ3) is 3.46. The molecule has 1 aromatic rings. The fourth-order valence-corrected chi connectivity index (χ4v) is 2.79. The minimum absolute atomic E-state index is 0.116. The molecule has 0 amide bonds. The molecule has 1 rings (SSSR count). The summed E-state index contributed by atoms with van der Waals surface area (Å²) < 4.78 is 61.1. The first-order valence-electron chi connectivity index (χ1n) is 5.18. The zero-order valence-electron chi connectivity index (χ0n) is 10.2. The van der Waals surface area contributed by atoms with Gasteiger partial charge in [0.25, 0.3) is 0 Å². The summed E-state index contributed by atoms with van der Waals surface area (Å²) in [7, 11) is -4.13. The Kier molecular flexibility index (Phi) is 4.07. The van der Waals surface area contributed by atoms with Gasteiger partial charge in [-0.25, -0.2) is 13.1 Å². The predicted octanol–water partition coefficient (Wildman–Crippen LogP) is 2.45. The van der Waals surface area contributed by atoms with Crippen LogP contribution in [0.15, 0.2) is 17.0 Å². The number of hydrogen-bond acceptors (Lipinski definition) is 2. The molecule has 0 aliphatic heterocycles. The second kappa shape index (κ2) is 4.89. The molecule has 0 unspecified atom stereocenters. The number of sulfonamides is 1. The largest absolute Gasteiger partial charge is 0.402 e. The van der Waals surface area contributed by atoms with E-state index < -0.39 is 22.7 Å². The molecular formula is C11H14F3NO2S. The standard InChI is InChI=1S/C11H14F3NO2S/c1-7-4-5-10(9(3)8(7)2)18(16,17)15-6-11(12,13)14/h4-5,15H,6H2,1-3H3. The molecule has 18 heavy (non-hydrogen) atoms. The van der Waals surface area contributed by atoms with Gasteiger partial charge >= 0.3 is 6.18 Å². The topological polar surface area (TPSA) is 46.2 Å². The molecule has 0 bridgehead atoms. The molecule has 3 nitrogen and oxygen atoms in total. The maximum absolute atomic E-state index is 12.0. The summed E-state index contributed by atoms with van der Waals surface area (Å²) in [4.78, 5) is -0.116. The number of halogens is 3. The van der Waals surface area contributed by atoms with Gasteiger partial charge < -0.3 is 0 Å². The molecule has 7 heteroatoms. The molecule has 0 aliphatic carbocycles. The molecule has 0 saturated heterocycles. The number of aryl methyl sites for hydroxylation is 1. The van der Waals surface area contributed by atoms with Gasteiger partial charge in [-0.2, -0.15) is 13.2 Å². The Balaban J connectivity index is 3.11. The summed E-state index contributed by atoms with van der Waals surface area (Å²) in [6.45, 7) is 3.54. The van der Waals surface area contributed by atoms with Gasteiger partial charge in [0.1, 0.15) is 6.54 Å². The van der Waals surface area contributed by atoms with Crippen molar-refractivity contribution in [2.75, 3.05) is 6.54 Å². The Morgan fingerprint density at radius 2 is 1.67 bits per heavy atom. The average molecular weight is 281 g/mol. The maximum atomic E-state index is 12.0. The Bertz CT molecular complexity index is 550. The van der Waals surface area contributed by atoms with Crippen molar-refractivity contribution in [1.82, 2.24) is 4.72 Å². The minimum Gasteiger partial charge on any atom is -0.207 e. The molecular weight excluding hydrogens is 267 g/mol. The highest BCUT2D eigenvalue weighted by molar-refractivity contribution is 7.89. The van der Waals surface area contributed by atoms with E-state index in [2.05, 4.69) is 0 Å². The minimum atomic E-state index is -4.57. The third-order valence-electron chi connectivity index (χ3n) is 2.76. The normalized spacial score (nSPS) is 12.8. The van der Waals surface area contributed by atoms with Crippen molar-refractivity contribution >= 4 is 10.0 Å². The Morgan fingerprint density at radius 1 is 1.11 bits per heavy atom. The van der Waals surface area contributed by atoms with Gasteiger partial charge in [-0.1, -0.05) is 6.07 Å². The van der Waals surface area contributed by atoms with Crippen molar-refractivity contribution < 1.29 is 21.6 Å². The monoisotopic (exact) mass is 281 g/mol. The van der Waals surface area contributed by atoms with Crippen LogP contribution < -0.4 is 4.72 Å².